The summed E-state index contributed by atoms with van der Waals surface area (Å²) in [5.74, 6) is -3.87. The van der Waals surface area contributed by atoms with Gasteiger partial charge in [0.15, 0.2) is 6.61 Å². The van der Waals surface area contributed by atoms with E-state index in [1.54, 1.807) is 12.1 Å². The van der Waals surface area contributed by atoms with Crippen LogP contribution in [0.15, 0.2) is 73.1 Å². The van der Waals surface area contributed by atoms with Gasteiger partial charge in [0.05, 0.1) is 12.6 Å². The highest BCUT2D eigenvalue weighted by atomic mass is 35.5. The number of nitrogens with one attached hydrogen (secondary N) is 5. The number of hydrogen-bond acceptors (Lipinski definition) is 12. The number of halogens is 4. The van der Waals surface area contributed by atoms with E-state index in [2.05, 4.69) is 46.5 Å². The van der Waals surface area contributed by atoms with E-state index in [9.17, 15) is 32.3 Å². The summed E-state index contributed by atoms with van der Waals surface area (Å²) < 4.78 is 48.3. The van der Waals surface area contributed by atoms with E-state index in [0.717, 1.165) is 12.7 Å². The van der Waals surface area contributed by atoms with E-state index in [1.165, 1.54) is 48.8 Å². The Morgan fingerprint density at radius 1 is 0.882 bits per heavy atom. The molecule has 1 saturated carbocycles. The van der Waals surface area contributed by atoms with Crippen LogP contribution in [0.1, 0.15) is 28.8 Å². The Labute approximate surface area is 292 Å². The fraction of sp³-hybridized carbons (Fsp3) is 0.250. The van der Waals surface area contributed by atoms with Crippen LogP contribution in [0.25, 0.3) is 0 Å². The molecule has 5 N–H and O–H groups in total. The van der Waals surface area contributed by atoms with Crippen molar-refractivity contribution in [2.75, 3.05) is 36.2 Å². The number of benzene rings is 2. The third-order valence-electron chi connectivity index (χ3n) is 7.28. The maximum Gasteiger partial charge on any atom is 0.422 e. The predicted molar refractivity (Wildman–Crippen MR) is 176 cm³/mol. The third-order valence-corrected chi connectivity index (χ3v) is 7.54. The summed E-state index contributed by atoms with van der Waals surface area (Å²) in [4.78, 5) is 65.9. The summed E-state index contributed by atoms with van der Waals surface area (Å²) in [5.41, 5.74) is 1.07. The lowest BCUT2D eigenvalue weighted by Gasteiger charge is -2.19. The average Bonchev–Trinajstić information content (AvgIpc) is 3.89. The summed E-state index contributed by atoms with van der Waals surface area (Å²) >= 11 is 6.02. The monoisotopic (exact) mass is 727 g/mol. The molecule has 0 radical (unpaired) electrons. The average molecular weight is 728 g/mol. The molecule has 15 nitrogen and oxygen atoms in total. The number of anilines is 4. The fourth-order valence-electron chi connectivity index (χ4n) is 4.58. The number of alkyl halides is 3. The molecular weight excluding hydrogens is 699 g/mol. The molecule has 0 spiro atoms. The zero-order chi connectivity index (χ0) is 36.6. The summed E-state index contributed by atoms with van der Waals surface area (Å²) in [7, 11) is 1.09. The van der Waals surface area contributed by atoms with Gasteiger partial charge in [0.1, 0.15) is 6.04 Å². The van der Waals surface area contributed by atoms with Gasteiger partial charge < -0.3 is 36.1 Å². The number of nitrogens with zero attached hydrogens (tertiary/aromatic N) is 4. The first-order chi connectivity index (χ1) is 24.3. The molecule has 1 aliphatic rings. The maximum absolute atomic E-state index is 13.0. The van der Waals surface area contributed by atoms with E-state index in [4.69, 9.17) is 21.1 Å². The molecule has 266 valence electrons. The largest absolute Gasteiger partial charge is 0.467 e. The minimum absolute atomic E-state index is 0.0380. The zero-order valence-electron chi connectivity index (χ0n) is 26.6. The fourth-order valence-corrected chi connectivity index (χ4v) is 4.71. The molecule has 0 saturated heterocycles. The first-order valence-corrected chi connectivity index (χ1v) is 15.5. The maximum atomic E-state index is 13.0. The first kappa shape index (κ1) is 36.2. The molecule has 2 heterocycles. The number of rotatable bonds is 13. The number of hydrogen-bond donors (Lipinski definition) is 5. The third kappa shape index (κ3) is 10.2. The quantitative estimate of drug-likeness (QED) is 0.0990. The molecule has 1 aliphatic carbocycles. The van der Waals surface area contributed by atoms with Crippen molar-refractivity contribution in [1.29, 1.82) is 0 Å². The Balaban J connectivity index is 1.24. The summed E-state index contributed by atoms with van der Waals surface area (Å²) in [6.07, 6.45) is -0.396. The number of pyridine rings is 1. The molecule has 4 aromatic rings. The Hall–Kier alpha value is -6.04. The summed E-state index contributed by atoms with van der Waals surface area (Å²) in [5, 5.41) is 13.6. The van der Waals surface area contributed by atoms with Gasteiger partial charge in [-0.2, -0.15) is 28.1 Å². The number of esters is 1. The highest BCUT2D eigenvalue weighted by Gasteiger charge is 2.45. The molecule has 1 fully saturated rings. The lowest BCUT2D eigenvalue weighted by atomic mass is 10.1. The van der Waals surface area contributed by atoms with Gasteiger partial charge in [0.25, 0.3) is 5.91 Å². The molecule has 51 heavy (non-hydrogen) atoms. The Morgan fingerprint density at radius 2 is 1.55 bits per heavy atom. The van der Waals surface area contributed by atoms with Gasteiger partial charge in [-0.3, -0.25) is 19.4 Å². The van der Waals surface area contributed by atoms with E-state index in [-0.39, 0.29) is 17.5 Å². The van der Waals surface area contributed by atoms with Gasteiger partial charge in [-0.15, -0.1) is 0 Å². The highest BCUT2D eigenvalue weighted by Crippen LogP contribution is 2.48. The minimum atomic E-state index is -4.64. The Morgan fingerprint density at radius 3 is 2.18 bits per heavy atom. The first-order valence-electron chi connectivity index (χ1n) is 15.1. The second-order valence-corrected chi connectivity index (χ2v) is 11.5. The van der Waals surface area contributed by atoms with Gasteiger partial charge in [-0.25, -0.2) is 4.79 Å². The molecule has 0 unspecified atom stereocenters. The van der Waals surface area contributed by atoms with Gasteiger partial charge in [-0.1, -0.05) is 23.7 Å². The molecular formula is C32H29ClF3N9O6. The van der Waals surface area contributed by atoms with Crippen molar-refractivity contribution < 1.29 is 41.8 Å². The predicted octanol–water partition coefficient (Wildman–Crippen LogP) is 3.73. The Bertz CT molecular complexity index is 1880. The second kappa shape index (κ2) is 15.7. The molecule has 0 bridgehead atoms. The number of methoxy groups -OCH3 is 1. The number of ether oxygens (including phenoxy) is 2. The lowest BCUT2D eigenvalue weighted by molar-refractivity contribution is -0.154. The number of carbonyl (C=O) groups excluding carboxylic acids is 4. The zero-order valence-corrected chi connectivity index (χ0v) is 27.3. The molecule has 0 aliphatic heterocycles. The summed E-state index contributed by atoms with van der Waals surface area (Å²) in [6, 6.07) is 13.8. The lowest BCUT2D eigenvalue weighted by Crippen LogP contribution is -2.50. The van der Waals surface area contributed by atoms with Crippen molar-refractivity contribution in [3.63, 3.8) is 0 Å². The molecule has 2 aromatic heterocycles. The van der Waals surface area contributed by atoms with Crippen LogP contribution in [0.5, 0.6) is 6.01 Å². The van der Waals surface area contributed by atoms with Crippen LogP contribution in [-0.4, -0.2) is 76.1 Å². The molecule has 2 aromatic carbocycles. The van der Waals surface area contributed by atoms with Crippen molar-refractivity contribution >= 4 is 58.6 Å². The van der Waals surface area contributed by atoms with Crippen molar-refractivity contribution in [3.05, 3.63) is 89.2 Å². The van der Waals surface area contributed by atoms with Crippen LogP contribution in [-0.2, 0) is 24.7 Å². The SMILES string of the molecule is COC(=O)[C@H](CNC(=O)C(=O)Nc1ccncc1)NC(=O)c1ccc(Nc2nc(NC3(c4ccc(Cl)cc4)CC3)nc(OCC(F)(F)F)n2)cc1. The van der Waals surface area contributed by atoms with E-state index < -0.39 is 60.6 Å². The van der Waals surface area contributed by atoms with Crippen molar-refractivity contribution in [2.24, 2.45) is 0 Å². The summed E-state index contributed by atoms with van der Waals surface area (Å²) in [6.45, 7) is -2.09. The van der Waals surface area contributed by atoms with Gasteiger partial charge in [0.2, 0.25) is 11.9 Å². The number of amides is 3. The van der Waals surface area contributed by atoms with Crippen LogP contribution in [0.2, 0.25) is 5.02 Å². The number of carbonyl (C=O) groups is 4. The van der Waals surface area contributed by atoms with Gasteiger partial charge in [-0.05, 0) is 66.9 Å². The highest BCUT2D eigenvalue weighted by molar-refractivity contribution is 6.39. The molecule has 5 rings (SSSR count). The number of aromatic nitrogens is 4. The topological polar surface area (TPSA) is 198 Å². The van der Waals surface area contributed by atoms with E-state index in [0.29, 0.717) is 29.2 Å². The van der Waals surface area contributed by atoms with Crippen LogP contribution >= 0.6 is 11.6 Å². The van der Waals surface area contributed by atoms with E-state index in [1.807, 2.05) is 12.1 Å². The normalized spacial score (nSPS) is 13.6. The Kier molecular flexibility index (Phi) is 11.1. The van der Waals surface area contributed by atoms with Crippen molar-refractivity contribution in [3.8, 4) is 6.01 Å². The van der Waals surface area contributed by atoms with Crippen LogP contribution in [0, 0.1) is 0 Å². The van der Waals surface area contributed by atoms with Crippen molar-refractivity contribution in [2.45, 2.75) is 30.6 Å². The van der Waals surface area contributed by atoms with Crippen molar-refractivity contribution in [1.82, 2.24) is 30.6 Å². The second-order valence-electron chi connectivity index (χ2n) is 11.0. The van der Waals surface area contributed by atoms with Crippen LogP contribution in [0.4, 0.5) is 36.4 Å². The van der Waals surface area contributed by atoms with Gasteiger partial charge >= 0.3 is 30.0 Å². The van der Waals surface area contributed by atoms with Crippen LogP contribution in [0.3, 0.4) is 0 Å². The smallest absolute Gasteiger partial charge is 0.422 e. The van der Waals surface area contributed by atoms with Crippen LogP contribution < -0.4 is 31.3 Å². The molecule has 3 amide bonds. The minimum Gasteiger partial charge on any atom is -0.467 e. The van der Waals surface area contributed by atoms with E-state index >= 15 is 0 Å². The van der Waals surface area contributed by atoms with Gasteiger partial charge in [0, 0.05) is 40.9 Å². The molecule has 1 atom stereocenters. The molecule has 19 heteroatoms. The standard InChI is InChI=1S/C32H29ClF3N9O6/c1-50-27(49)23(16-38-25(47)26(48)39-22-10-14-37-15-11-22)41-24(46)18-2-8-21(9-3-18)40-28-42-29(44-30(43-28)51-17-32(34,35)36)45-31(12-13-31)19-4-6-20(33)7-5-19/h2-11,14-15,23H,12-13,16-17H2,1H3,(H,38,47)(H,41,46)(H,37,39,48)(H2,40,42,43,44,45)/t23-/m0/s1.